The van der Waals surface area contributed by atoms with Crippen molar-refractivity contribution in [3.63, 3.8) is 0 Å². The lowest BCUT2D eigenvalue weighted by atomic mass is 9.83. The van der Waals surface area contributed by atoms with Crippen molar-refractivity contribution in [3.05, 3.63) is 12.2 Å². The molecule has 13 heavy (non-hydrogen) atoms. The minimum atomic E-state index is -1.44. The van der Waals surface area contributed by atoms with Gasteiger partial charge in [0.2, 0.25) is 0 Å². The Bertz CT molecular complexity index is 218. The highest BCUT2D eigenvalue weighted by Crippen LogP contribution is 2.34. The molecule has 2 N–H and O–H groups in total. The van der Waals surface area contributed by atoms with Gasteiger partial charge in [-0.25, -0.2) is 0 Å². The lowest BCUT2D eigenvalue weighted by Gasteiger charge is -2.28. The molecule has 2 rings (SSSR count). The van der Waals surface area contributed by atoms with Gasteiger partial charge in [-0.2, -0.15) is 0 Å². The predicted molar refractivity (Wildman–Crippen MR) is 46.7 cm³/mol. The van der Waals surface area contributed by atoms with Gasteiger partial charge in [-0.1, -0.05) is 12.2 Å². The SMILES string of the molecule is OB(O)C1COC2(CC=CCC2)O1. The minimum absolute atomic E-state index is 0.269. The summed E-state index contributed by atoms with van der Waals surface area (Å²) in [7, 11) is -1.44. The normalized spacial score (nSPS) is 38.5. The maximum Gasteiger partial charge on any atom is 0.485 e. The smallest absolute Gasteiger partial charge is 0.425 e. The van der Waals surface area contributed by atoms with Crippen molar-refractivity contribution in [2.45, 2.75) is 31.1 Å². The Morgan fingerprint density at radius 1 is 1.38 bits per heavy atom. The summed E-state index contributed by atoms with van der Waals surface area (Å²) in [5.41, 5.74) is 0. The van der Waals surface area contributed by atoms with Crippen LogP contribution in [0.4, 0.5) is 0 Å². The zero-order chi connectivity index (χ0) is 9.31. The van der Waals surface area contributed by atoms with Crippen molar-refractivity contribution < 1.29 is 19.5 Å². The van der Waals surface area contributed by atoms with Crippen molar-refractivity contribution in [2.24, 2.45) is 0 Å². The van der Waals surface area contributed by atoms with Gasteiger partial charge in [-0.15, -0.1) is 0 Å². The van der Waals surface area contributed by atoms with Crippen LogP contribution in [0.3, 0.4) is 0 Å². The highest BCUT2D eigenvalue weighted by Gasteiger charge is 2.45. The second kappa shape index (κ2) is 3.42. The van der Waals surface area contributed by atoms with Crippen LogP contribution >= 0.6 is 0 Å². The Balaban J connectivity index is 1.99. The van der Waals surface area contributed by atoms with E-state index in [9.17, 15) is 0 Å². The highest BCUT2D eigenvalue weighted by atomic mass is 16.7. The van der Waals surface area contributed by atoms with Crippen LogP contribution in [0.25, 0.3) is 0 Å². The van der Waals surface area contributed by atoms with E-state index in [-0.39, 0.29) is 6.61 Å². The second-order valence-electron chi connectivity index (χ2n) is 3.51. The Morgan fingerprint density at radius 3 is 2.77 bits per heavy atom. The van der Waals surface area contributed by atoms with Crippen molar-refractivity contribution >= 4 is 7.12 Å². The summed E-state index contributed by atoms with van der Waals surface area (Å²) in [6.45, 7) is 0.269. The summed E-state index contributed by atoms with van der Waals surface area (Å²) in [6.07, 6.45) is 6.52. The van der Waals surface area contributed by atoms with Gasteiger partial charge in [-0.3, -0.25) is 0 Å². The molecule has 0 aromatic carbocycles. The molecule has 1 aliphatic heterocycles. The van der Waals surface area contributed by atoms with E-state index >= 15 is 0 Å². The van der Waals surface area contributed by atoms with Gasteiger partial charge < -0.3 is 19.5 Å². The average molecular weight is 184 g/mol. The lowest BCUT2D eigenvalue weighted by Crippen LogP contribution is -2.37. The molecular formula is C8H13BO4. The van der Waals surface area contributed by atoms with Gasteiger partial charge in [0.25, 0.3) is 0 Å². The summed E-state index contributed by atoms with van der Waals surface area (Å²) in [5, 5.41) is 17.8. The van der Waals surface area contributed by atoms with E-state index in [2.05, 4.69) is 6.08 Å². The fourth-order valence-corrected chi connectivity index (χ4v) is 1.75. The maximum atomic E-state index is 8.90. The van der Waals surface area contributed by atoms with Crippen molar-refractivity contribution in [3.8, 4) is 0 Å². The first-order valence-corrected chi connectivity index (χ1v) is 4.55. The van der Waals surface area contributed by atoms with E-state index in [1.807, 2.05) is 6.08 Å². The molecule has 0 radical (unpaired) electrons. The van der Waals surface area contributed by atoms with Crippen molar-refractivity contribution in [1.29, 1.82) is 0 Å². The highest BCUT2D eigenvalue weighted by molar-refractivity contribution is 6.42. The molecule has 0 aromatic heterocycles. The first-order valence-electron chi connectivity index (χ1n) is 4.55. The van der Waals surface area contributed by atoms with Crippen LogP contribution in [-0.2, 0) is 9.47 Å². The molecule has 5 heteroatoms. The third-order valence-electron chi connectivity index (χ3n) is 2.50. The summed E-state index contributed by atoms with van der Waals surface area (Å²) in [6, 6.07) is -0.591. The molecule has 2 atom stereocenters. The molecule has 1 saturated heterocycles. The quantitative estimate of drug-likeness (QED) is 0.439. The molecule has 1 spiro atoms. The molecule has 0 aromatic rings. The van der Waals surface area contributed by atoms with Crippen molar-refractivity contribution in [1.82, 2.24) is 0 Å². The molecule has 0 bridgehead atoms. The van der Waals surface area contributed by atoms with Gasteiger partial charge in [0.15, 0.2) is 5.79 Å². The fraction of sp³-hybridized carbons (Fsp3) is 0.750. The van der Waals surface area contributed by atoms with Gasteiger partial charge in [0, 0.05) is 12.8 Å². The number of allylic oxidation sites excluding steroid dienone is 1. The third kappa shape index (κ3) is 1.78. The fourth-order valence-electron chi connectivity index (χ4n) is 1.75. The molecule has 0 saturated carbocycles. The Morgan fingerprint density at radius 2 is 2.23 bits per heavy atom. The van der Waals surface area contributed by atoms with E-state index in [1.54, 1.807) is 0 Å². The van der Waals surface area contributed by atoms with Crippen LogP contribution in [0.5, 0.6) is 0 Å². The predicted octanol–water partition coefficient (Wildman–Crippen LogP) is -0.150. The molecule has 2 unspecified atom stereocenters. The van der Waals surface area contributed by atoms with Crippen LogP contribution in [0.2, 0.25) is 0 Å². The average Bonchev–Trinajstić information content (AvgIpc) is 2.51. The van der Waals surface area contributed by atoms with Gasteiger partial charge in [0.1, 0.15) is 6.00 Å². The number of hydrogen-bond donors (Lipinski definition) is 2. The van der Waals surface area contributed by atoms with Crippen LogP contribution < -0.4 is 0 Å². The molecule has 4 nitrogen and oxygen atoms in total. The standard InChI is InChI=1S/C8H13BO4/c10-9(11)7-6-12-8(13-7)4-2-1-3-5-8/h1-2,7,10-11H,3-6H2. The van der Waals surface area contributed by atoms with E-state index in [0.29, 0.717) is 6.42 Å². The summed E-state index contributed by atoms with van der Waals surface area (Å²) in [4.78, 5) is 0. The van der Waals surface area contributed by atoms with Gasteiger partial charge in [-0.05, 0) is 6.42 Å². The molecule has 1 fully saturated rings. The molecule has 1 aliphatic carbocycles. The van der Waals surface area contributed by atoms with Crippen LogP contribution in [0.1, 0.15) is 19.3 Å². The molecule has 0 amide bonds. The monoisotopic (exact) mass is 184 g/mol. The van der Waals surface area contributed by atoms with E-state index < -0.39 is 18.9 Å². The molecule has 1 heterocycles. The van der Waals surface area contributed by atoms with Crippen LogP contribution in [-0.4, -0.2) is 35.6 Å². The topological polar surface area (TPSA) is 58.9 Å². The Hall–Kier alpha value is -0.355. The summed E-state index contributed by atoms with van der Waals surface area (Å²) < 4.78 is 10.9. The summed E-state index contributed by atoms with van der Waals surface area (Å²) >= 11 is 0. The first-order chi connectivity index (χ1) is 6.22. The van der Waals surface area contributed by atoms with Crippen LogP contribution in [0.15, 0.2) is 12.2 Å². The largest absolute Gasteiger partial charge is 0.485 e. The zero-order valence-electron chi connectivity index (χ0n) is 7.35. The van der Waals surface area contributed by atoms with E-state index in [0.717, 1.165) is 12.8 Å². The maximum absolute atomic E-state index is 8.90. The minimum Gasteiger partial charge on any atom is -0.425 e. The number of rotatable bonds is 1. The molecule has 72 valence electrons. The molecular weight excluding hydrogens is 171 g/mol. The first kappa shape index (κ1) is 9.21. The molecule has 2 aliphatic rings. The van der Waals surface area contributed by atoms with Gasteiger partial charge >= 0.3 is 7.12 Å². The third-order valence-corrected chi connectivity index (χ3v) is 2.50. The van der Waals surface area contributed by atoms with Gasteiger partial charge in [0.05, 0.1) is 6.61 Å². The number of hydrogen-bond acceptors (Lipinski definition) is 4. The lowest BCUT2D eigenvalue weighted by molar-refractivity contribution is -0.166. The Labute approximate surface area is 77.3 Å². The Kier molecular flexibility index (Phi) is 2.42. The van der Waals surface area contributed by atoms with Crippen molar-refractivity contribution in [2.75, 3.05) is 6.61 Å². The number of ether oxygens (including phenoxy) is 2. The second-order valence-corrected chi connectivity index (χ2v) is 3.51. The van der Waals surface area contributed by atoms with Crippen LogP contribution in [0, 0.1) is 0 Å². The zero-order valence-corrected chi connectivity index (χ0v) is 7.35. The van der Waals surface area contributed by atoms with E-state index in [1.165, 1.54) is 0 Å². The van der Waals surface area contributed by atoms with E-state index in [4.69, 9.17) is 19.5 Å². The summed E-state index contributed by atoms with van der Waals surface area (Å²) in [5.74, 6) is -0.580.